The van der Waals surface area contributed by atoms with E-state index in [1.165, 1.54) is 6.07 Å². The minimum absolute atomic E-state index is 0.323. The zero-order valence-electron chi connectivity index (χ0n) is 16.8. The van der Waals surface area contributed by atoms with Crippen LogP contribution in [0.2, 0.25) is 0 Å². The molecule has 5 nitrogen and oxygen atoms in total. The van der Waals surface area contributed by atoms with Crippen LogP contribution in [0.3, 0.4) is 0 Å². The molecule has 0 saturated carbocycles. The highest BCUT2D eigenvalue weighted by Crippen LogP contribution is 2.31. The Kier molecular flexibility index (Phi) is 6.34. The number of ether oxygens (including phenoxy) is 1. The highest BCUT2D eigenvalue weighted by Gasteiger charge is 2.31. The van der Waals surface area contributed by atoms with Gasteiger partial charge < -0.3 is 14.5 Å². The summed E-state index contributed by atoms with van der Waals surface area (Å²) in [7, 11) is 0. The van der Waals surface area contributed by atoms with Crippen molar-refractivity contribution >= 4 is 17.6 Å². The van der Waals surface area contributed by atoms with Gasteiger partial charge in [-0.05, 0) is 44.2 Å². The average molecular weight is 420 g/mol. The number of alkyl halides is 3. The smallest absolute Gasteiger partial charge is 0.416 e. The zero-order chi connectivity index (χ0) is 21.9. The van der Waals surface area contributed by atoms with Gasteiger partial charge in [0.1, 0.15) is 0 Å². The van der Waals surface area contributed by atoms with Crippen molar-refractivity contribution in [2.75, 3.05) is 37.7 Å². The summed E-state index contributed by atoms with van der Waals surface area (Å²) in [5.41, 5.74) is 2.03. The first-order valence-corrected chi connectivity index (χ1v) is 9.59. The fourth-order valence-electron chi connectivity index (χ4n) is 3.49. The lowest BCUT2D eigenvalue weighted by Gasteiger charge is -2.36. The Hall–Kier alpha value is -3.03. The molecule has 0 unspecified atom stereocenters. The number of carbonyl (C=O) groups excluding carboxylic acids is 2. The maximum Gasteiger partial charge on any atom is 0.416 e. The number of aryl methyl sites for hydroxylation is 2. The number of hydrogen-bond acceptors (Lipinski definition) is 4. The van der Waals surface area contributed by atoms with Crippen molar-refractivity contribution < 1.29 is 27.5 Å². The third-order valence-electron chi connectivity index (χ3n) is 4.96. The maximum atomic E-state index is 12.9. The molecule has 160 valence electrons. The molecule has 0 atom stereocenters. The molecule has 0 aliphatic carbocycles. The molecule has 0 spiro atoms. The fourth-order valence-corrected chi connectivity index (χ4v) is 3.49. The molecule has 30 heavy (non-hydrogen) atoms. The standard InChI is InChI=1S/C22H23F3N2O3/c1-15-10-16(2)12-17(11-15)21(29)30-14-20(28)27-8-6-26(7-9-27)19-5-3-4-18(13-19)22(23,24)25/h3-5,10-13H,6-9,14H2,1-2H3. The lowest BCUT2D eigenvalue weighted by atomic mass is 10.1. The van der Waals surface area contributed by atoms with Gasteiger partial charge in [-0.25, -0.2) is 4.79 Å². The lowest BCUT2D eigenvalue weighted by Crippen LogP contribution is -2.50. The van der Waals surface area contributed by atoms with Crippen molar-refractivity contribution in [2.24, 2.45) is 0 Å². The summed E-state index contributed by atoms with van der Waals surface area (Å²) in [6.45, 7) is 4.87. The molecular weight excluding hydrogens is 397 g/mol. The van der Waals surface area contributed by atoms with E-state index in [0.29, 0.717) is 37.4 Å². The van der Waals surface area contributed by atoms with Gasteiger partial charge in [0.2, 0.25) is 0 Å². The number of nitrogens with zero attached hydrogens (tertiary/aromatic N) is 2. The average Bonchev–Trinajstić information content (AvgIpc) is 2.70. The Morgan fingerprint density at radius 2 is 1.60 bits per heavy atom. The van der Waals surface area contributed by atoms with E-state index in [0.717, 1.165) is 23.3 Å². The van der Waals surface area contributed by atoms with Crippen LogP contribution >= 0.6 is 0 Å². The monoisotopic (exact) mass is 420 g/mol. The van der Waals surface area contributed by atoms with Crippen molar-refractivity contribution in [3.63, 3.8) is 0 Å². The SMILES string of the molecule is Cc1cc(C)cc(C(=O)OCC(=O)N2CCN(c3cccc(C(F)(F)F)c3)CC2)c1. The summed E-state index contributed by atoms with van der Waals surface area (Å²) < 4.78 is 43.9. The van der Waals surface area contributed by atoms with Crippen LogP contribution in [-0.2, 0) is 15.7 Å². The first-order chi connectivity index (χ1) is 14.1. The van der Waals surface area contributed by atoms with E-state index in [9.17, 15) is 22.8 Å². The first kappa shape index (κ1) is 21.7. The van der Waals surface area contributed by atoms with Crippen LogP contribution in [0.1, 0.15) is 27.0 Å². The van der Waals surface area contributed by atoms with E-state index in [2.05, 4.69) is 0 Å². The van der Waals surface area contributed by atoms with E-state index in [1.54, 1.807) is 28.0 Å². The van der Waals surface area contributed by atoms with E-state index in [4.69, 9.17) is 4.74 Å². The van der Waals surface area contributed by atoms with Gasteiger partial charge in [-0.1, -0.05) is 23.3 Å². The van der Waals surface area contributed by atoms with Crippen LogP contribution < -0.4 is 4.90 Å². The van der Waals surface area contributed by atoms with Crippen molar-refractivity contribution in [3.05, 3.63) is 64.7 Å². The normalized spacial score (nSPS) is 14.6. The third kappa shape index (κ3) is 5.31. The topological polar surface area (TPSA) is 49.9 Å². The van der Waals surface area contributed by atoms with Gasteiger partial charge in [0.15, 0.2) is 6.61 Å². The molecule has 1 fully saturated rings. The maximum absolute atomic E-state index is 12.9. The van der Waals surface area contributed by atoms with Crippen molar-refractivity contribution in [3.8, 4) is 0 Å². The summed E-state index contributed by atoms with van der Waals surface area (Å²) in [5, 5.41) is 0. The molecule has 0 N–H and O–H groups in total. The molecule has 1 aliphatic heterocycles. The zero-order valence-corrected chi connectivity index (χ0v) is 16.8. The molecule has 0 aromatic heterocycles. The van der Waals surface area contributed by atoms with Crippen LogP contribution in [0.25, 0.3) is 0 Å². The number of amides is 1. The molecule has 1 heterocycles. The molecule has 1 amide bonds. The van der Waals surface area contributed by atoms with Gasteiger partial charge >= 0.3 is 12.1 Å². The first-order valence-electron chi connectivity index (χ1n) is 9.59. The minimum Gasteiger partial charge on any atom is -0.452 e. The summed E-state index contributed by atoms with van der Waals surface area (Å²) in [5.74, 6) is -0.880. The predicted octanol–water partition coefficient (Wildman–Crippen LogP) is 3.83. The summed E-state index contributed by atoms with van der Waals surface area (Å²) in [6, 6.07) is 10.5. The largest absolute Gasteiger partial charge is 0.452 e. The number of rotatable bonds is 4. The van der Waals surface area contributed by atoms with Gasteiger partial charge in [-0.15, -0.1) is 0 Å². The number of anilines is 1. The molecule has 0 radical (unpaired) electrons. The van der Waals surface area contributed by atoms with Gasteiger partial charge in [0, 0.05) is 31.9 Å². The van der Waals surface area contributed by atoms with Crippen LogP contribution in [0.4, 0.5) is 18.9 Å². The van der Waals surface area contributed by atoms with Crippen LogP contribution in [0.15, 0.2) is 42.5 Å². The molecule has 3 rings (SSSR count). The Bertz CT molecular complexity index is 915. The number of halogens is 3. The molecule has 2 aromatic carbocycles. The Morgan fingerprint density at radius 1 is 0.967 bits per heavy atom. The summed E-state index contributed by atoms with van der Waals surface area (Å²) in [6.07, 6.45) is -4.40. The van der Waals surface area contributed by atoms with E-state index >= 15 is 0 Å². The molecule has 1 saturated heterocycles. The van der Waals surface area contributed by atoms with Gasteiger partial charge in [-0.3, -0.25) is 4.79 Å². The highest BCUT2D eigenvalue weighted by molar-refractivity contribution is 5.91. The Morgan fingerprint density at radius 3 is 2.20 bits per heavy atom. The summed E-state index contributed by atoms with van der Waals surface area (Å²) >= 11 is 0. The number of hydrogen-bond donors (Lipinski definition) is 0. The van der Waals surface area contributed by atoms with Crippen molar-refractivity contribution in [1.29, 1.82) is 0 Å². The van der Waals surface area contributed by atoms with Crippen molar-refractivity contribution in [2.45, 2.75) is 20.0 Å². The Balaban J connectivity index is 1.52. The van der Waals surface area contributed by atoms with E-state index in [-0.39, 0.29) is 12.5 Å². The number of benzene rings is 2. The minimum atomic E-state index is -4.40. The fraction of sp³-hybridized carbons (Fsp3) is 0.364. The summed E-state index contributed by atoms with van der Waals surface area (Å²) in [4.78, 5) is 27.9. The molecule has 0 bridgehead atoms. The predicted molar refractivity (Wildman–Crippen MR) is 106 cm³/mol. The lowest BCUT2D eigenvalue weighted by molar-refractivity contribution is -0.137. The third-order valence-corrected chi connectivity index (χ3v) is 4.96. The van der Waals surface area contributed by atoms with Crippen molar-refractivity contribution in [1.82, 2.24) is 4.90 Å². The quantitative estimate of drug-likeness (QED) is 0.706. The second kappa shape index (κ2) is 8.77. The molecule has 2 aromatic rings. The van der Waals surface area contributed by atoms with Gasteiger partial charge in [0.25, 0.3) is 5.91 Å². The van der Waals surface area contributed by atoms with Gasteiger partial charge in [0.05, 0.1) is 11.1 Å². The second-order valence-electron chi connectivity index (χ2n) is 7.37. The number of piperazine rings is 1. The molecule has 1 aliphatic rings. The molecule has 8 heteroatoms. The van der Waals surface area contributed by atoms with Gasteiger partial charge in [-0.2, -0.15) is 13.2 Å². The molecular formula is C22H23F3N2O3. The van der Waals surface area contributed by atoms with Crippen LogP contribution in [0.5, 0.6) is 0 Å². The van der Waals surface area contributed by atoms with E-state index < -0.39 is 17.7 Å². The Labute approximate surface area is 173 Å². The number of carbonyl (C=O) groups is 2. The number of esters is 1. The van der Waals surface area contributed by atoms with Crippen LogP contribution in [-0.4, -0.2) is 49.6 Å². The second-order valence-corrected chi connectivity index (χ2v) is 7.37. The highest BCUT2D eigenvalue weighted by atomic mass is 19.4. The van der Waals surface area contributed by atoms with Crippen LogP contribution in [0, 0.1) is 13.8 Å². The van der Waals surface area contributed by atoms with E-state index in [1.807, 2.05) is 19.9 Å².